The van der Waals surface area contributed by atoms with Crippen LogP contribution in [0.3, 0.4) is 0 Å². The van der Waals surface area contributed by atoms with Crippen LogP contribution >= 0.6 is 0 Å². The van der Waals surface area contributed by atoms with E-state index < -0.39 is 0 Å². The highest BCUT2D eigenvalue weighted by Crippen LogP contribution is 2.16. The molecule has 0 saturated heterocycles. The van der Waals surface area contributed by atoms with E-state index in [9.17, 15) is 9.59 Å². The van der Waals surface area contributed by atoms with E-state index in [1.165, 1.54) is 4.90 Å². The van der Waals surface area contributed by atoms with E-state index in [2.05, 4.69) is 24.5 Å². The van der Waals surface area contributed by atoms with Crippen LogP contribution in [-0.4, -0.2) is 44.0 Å². The monoisotopic (exact) mass is 369 g/mol. The molecule has 6 heteroatoms. The fraction of sp³-hybridized carbons (Fsp3) is 0.333. The third kappa shape index (κ3) is 6.66. The zero-order valence-corrected chi connectivity index (χ0v) is 16.3. The summed E-state index contributed by atoms with van der Waals surface area (Å²) in [7, 11) is 3.42. The second-order valence-corrected chi connectivity index (χ2v) is 6.91. The van der Waals surface area contributed by atoms with Crippen LogP contribution in [0.1, 0.15) is 24.2 Å². The maximum absolute atomic E-state index is 12.1. The van der Waals surface area contributed by atoms with Gasteiger partial charge < -0.3 is 20.3 Å². The molecule has 0 aliphatic heterocycles. The highest BCUT2D eigenvalue weighted by atomic mass is 16.5. The number of nitrogens with zero attached hydrogens (tertiary/aromatic N) is 1. The number of hydrogen-bond donors (Lipinski definition) is 2. The van der Waals surface area contributed by atoms with Crippen molar-refractivity contribution < 1.29 is 14.3 Å². The predicted molar refractivity (Wildman–Crippen MR) is 108 cm³/mol. The molecule has 0 atom stereocenters. The standard InChI is InChI=1S/C21H27N3O3/c1-15(2)14-27-19-11-9-18(10-12-19)23-20(25)13-22-17-7-5-16(6-8-17)21(26)24(3)4/h5-12,15,22H,13-14H2,1-4H3,(H,23,25). The van der Waals surface area contributed by atoms with Crippen LogP contribution in [0, 0.1) is 5.92 Å². The minimum atomic E-state index is -0.153. The molecule has 144 valence electrons. The van der Waals surface area contributed by atoms with E-state index in [1.54, 1.807) is 38.4 Å². The van der Waals surface area contributed by atoms with Gasteiger partial charge in [0.25, 0.3) is 5.91 Å². The summed E-state index contributed by atoms with van der Waals surface area (Å²) < 4.78 is 5.62. The van der Waals surface area contributed by atoms with Crippen LogP contribution in [0.2, 0.25) is 0 Å². The molecule has 0 fully saturated rings. The van der Waals surface area contributed by atoms with E-state index in [-0.39, 0.29) is 18.4 Å². The summed E-state index contributed by atoms with van der Waals surface area (Å²) in [4.78, 5) is 25.5. The van der Waals surface area contributed by atoms with Crippen LogP contribution in [0.4, 0.5) is 11.4 Å². The number of ether oxygens (including phenoxy) is 1. The second kappa shape index (κ2) is 9.62. The van der Waals surface area contributed by atoms with Crippen molar-refractivity contribution in [3.8, 4) is 5.75 Å². The zero-order chi connectivity index (χ0) is 19.8. The third-order valence-electron chi connectivity index (χ3n) is 3.71. The van der Waals surface area contributed by atoms with E-state index >= 15 is 0 Å². The fourth-order valence-electron chi connectivity index (χ4n) is 2.27. The van der Waals surface area contributed by atoms with Gasteiger partial charge in [-0.3, -0.25) is 9.59 Å². The van der Waals surface area contributed by atoms with Crippen LogP contribution < -0.4 is 15.4 Å². The number of hydrogen-bond acceptors (Lipinski definition) is 4. The average Bonchev–Trinajstić information content (AvgIpc) is 2.65. The summed E-state index contributed by atoms with van der Waals surface area (Å²) in [6, 6.07) is 14.3. The Kier molecular flexibility index (Phi) is 7.23. The Hall–Kier alpha value is -3.02. The first-order valence-electron chi connectivity index (χ1n) is 8.93. The summed E-state index contributed by atoms with van der Waals surface area (Å²) in [5.41, 5.74) is 2.10. The van der Waals surface area contributed by atoms with Crippen molar-refractivity contribution in [1.82, 2.24) is 4.90 Å². The zero-order valence-electron chi connectivity index (χ0n) is 16.3. The SMILES string of the molecule is CC(C)COc1ccc(NC(=O)CNc2ccc(C(=O)N(C)C)cc2)cc1. The number of anilines is 2. The predicted octanol–water partition coefficient (Wildman–Crippen LogP) is 3.47. The normalized spacial score (nSPS) is 10.4. The lowest BCUT2D eigenvalue weighted by molar-refractivity contribution is -0.114. The van der Waals surface area contributed by atoms with Crippen molar-refractivity contribution in [2.45, 2.75) is 13.8 Å². The quantitative estimate of drug-likeness (QED) is 0.747. The summed E-state index contributed by atoms with van der Waals surface area (Å²) in [6.45, 7) is 4.98. The van der Waals surface area contributed by atoms with Gasteiger partial charge in [0.05, 0.1) is 13.2 Å². The first kappa shape index (κ1) is 20.3. The van der Waals surface area contributed by atoms with Gasteiger partial charge in [-0.05, 0) is 54.4 Å². The van der Waals surface area contributed by atoms with Crippen LogP contribution in [0.25, 0.3) is 0 Å². The van der Waals surface area contributed by atoms with Crippen molar-refractivity contribution in [2.24, 2.45) is 5.92 Å². The molecule has 2 aromatic rings. The second-order valence-electron chi connectivity index (χ2n) is 6.91. The van der Waals surface area contributed by atoms with Gasteiger partial charge in [-0.25, -0.2) is 0 Å². The Labute approximate surface area is 160 Å². The van der Waals surface area contributed by atoms with Gasteiger partial charge in [0, 0.05) is 31.0 Å². The maximum atomic E-state index is 12.1. The number of benzene rings is 2. The largest absolute Gasteiger partial charge is 0.493 e. The molecule has 6 nitrogen and oxygen atoms in total. The Bertz CT molecular complexity index is 753. The van der Waals surface area contributed by atoms with Gasteiger partial charge in [-0.2, -0.15) is 0 Å². The molecular formula is C21H27N3O3. The molecule has 2 N–H and O–H groups in total. The van der Waals surface area contributed by atoms with E-state index in [0.717, 1.165) is 11.4 Å². The molecule has 0 aromatic heterocycles. The van der Waals surface area contributed by atoms with Gasteiger partial charge in [0.15, 0.2) is 0 Å². The topological polar surface area (TPSA) is 70.7 Å². The van der Waals surface area contributed by atoms with E-state index in [1.807, 2.05) is 24.3 Å². The van der Waals surface area contributed by atoms with Crippen LogP contribution in [0.15, 0.2) is 48.5 Å². The van der Waals surface area contributed by atoms with Crippen LogP contribution in [-0.2, 0) is 4.79 Å². The number of carbonyl (C=O) groups excluding carboxylic acids is 2. The Morgan fingerprint density at radius 3 is 2.11 bits per heavy atom. The molecule has 2 rings (SSSR count). The van der Waals surface area contributed by atoms with Gasteiger partial charge in [-0.15, -0.1) is 0 Å². The minimum Gasteiger partial charge on any atom is -0.493 e. The summed E-state index contributed by atoms with van der Waals surface area (Å²) in [5, 5.41) is 5.87. The van der Waals surface area contributed by atoms with Gasteiger partial charge in [-0.1, -0.05) is 13.8 Å². The summed E-state index contributed by atoms with van der Waals surface area (Å²) in [5.74, 6) is 1.04. The Balaban J connectivity index is 1.81. The van der Waals surface area contributed by atoms with Gasteiger partial charge >= 0.3 is 0 Å². The van der Waals surface area contributed by atoms with E-state index in [4.69, 9.17) is 4.74 Å². The average molecular weight is 369 g/mol. The molecule has 2 amide bonds. The third-order valence-corrected chi connectivity index (χ3v) is 3.71. The Morgan fingerprint density at radius 2 is 1.56 bits per heavy atom. The smallest absolute Gasteiger partial charge is 0.253 e. The van der Waals surface area contributed by atoms with Crippen molar-refractivity contribution in [1.29, 1.82) is 0 Å². The number of amides is 2. The van der Waals surface area contributed by atoms with Crippen molar-refractivity contribution in [3.63, 3.8) is 0 Å². The molecule has 0 bridgehead atoms. The van der Waals surface area contributed by atoms with Gasteiger partial charge in [0.2, 0.25) is 5.91 Å². The molecule has 0 aliphatic rings. The number of carbonyl (C=O) groups is 2. The molecule has 2 aromatic carbocycles. The van der Waals surface area contributed by atoms with Crippen molar-refractivity contribution >= 4 is 23.2 Å². The molecular weight excluding hydrogens is 342 g/mol. The lowest BCUT2D eigenvalue weighted by atomic mass is 10.2. The molecule has 0 heterocycles. The highest BCUT2D eigenvalue weighted by Gasteiger charge is 2.08. The number of nitrogens with one attached hydrogen (secondary N) is 2. The molecule has 27 heavy (non-hydrogen) atoms. The van der Waals surface area contributed by atoms with Crippen molar-refractivity contribution in [3.05, 3.63) is 54.1 Å². The molecule has 0 radical (unpaired) electrons. The first-order chi connectivity index (χ1) is 12.8. The van der Waals surface area contributed by atoms with E-state index in [0.29, 0.717) is 23.8 Å². The molecule has 0 unspecified atom stereocenters. The number of rotatable bonds is 8. The minimum absolute atomic E-state index is 0.0555. The van der Waals surface area contributed by atoms with Crippen LogP contribution in [0.5, 0.6) is 5.75 Å². The lowest BCUT2D eigenvalue weighted by Crippen LogP contribution is -2.22. The molecule has 0 saturated carbocycles. The summed E-state index contributed by atoms with van der Waals surface area (Å²) >= 11 is 0. The molecule has 0 spiro atoms. The maximum Gasteiger partial charge on any atom is 0.253 e. The fourth-order valence-corrected chi connectivity index (χ4v) is 2.27. The van der Waals surface area contributed by atoms with Gasteiger partial charge in [0.1, 0.15) is 5.75 Å². The van der Waals surface area contributed by atoms with Crippen molar-refractivity contribution in [2.75, 3.05) is 37.9 Å². The highest BCUT2D eigenvalue weighted by molar-refractivity contribution is 5.95. The lowest BCUT2D eigenvalue weighted by Gasteiger charge is -2.12. The molecule has 0 aliphatic carbocycles. The Morgan fingerprint density at radius 1 is 0.963 bits per heavy atom. The first-order valence-corrected chi connectivity index (χ1v) is 8.93. The summed E-state index contributed by atoms with van der Waals surface area (Å²) in [6.07, 6.45) is 0.